The third-order valence-electron chi connectivity index (χ3n) is 4.39. The van der Waals surface area contributed by atoms with Crippen molar-refractivity contribution in [3.8, 4) is 0 Å². The van der Waals surface area contributed by atoms with Crippen LogP contribution in [-0.2, 0) is 16.0 Å². The lowest BCUT2D eigenvalue weighted by Crippen LogP contribution is -2.40. The van der Waals surface area contributed by atoms with Crippen molar-refractivity contribution in [2.24, 2.45) is 11.7 Å². The first-order chi connectivity index (χ1) is 11.1. The number of rotatable bonds is 8. The molecule has 2 atom stereocenters. The van der Waals surface area contributed by atoms with Crippen LogP contribution in [0.3, 0.4) is 0 Å². The molecular formula is C18H27N3O2. The number of carbonyl (C=O) groups excluding carboxylic acids is 2. The van der Waals surface area contributed by atoms with Crippen LogP contribution in [0.25, 0.3) is 0 Å². The Labute approximate surface area is 138 Å². The molecule has 2 amide bonds. The van der Waals surface area contributed by atoms with Gasteiger partial charge in [0.25, 0.3) is 0 Å². The van der Waals surface area contributed by atoms with Gasteiger partial charge in [0.2, 0.25) is 11.8 Å². The first-order valence-electron chi connectivity index (χ1n) is 8.52. The van der Waals surface area contributed by atoms with Gasteiger partial charge in [0.05, 0.1) is 0 Å². The summed E-state index contributed by atoms with van der Waals surface area (Å²) >= 11 is 0. The van der Waals surface area contributed by atoms with Crippen LogP contribution in [-0.4, -0.2) is 24.4 Å². The maximum absolute atomic E-state index is 12.1. The van der Waals surface area contributed by atoms with Crippen LogP contribution in [0.4, 0.5) is 5.69 Å². The highest BCUT2D eigenvalue weighted by Gasteiger charge is 2.26. The third-order valence-corrected chi connectivity index (χ3v) is 4.39. The molecule has 0 aromatic heterocycles. The van der Waals surface area contributed by atoms with Crippen LogP contribution >= 0.6 is 0 Å². The predicted molar refractivity (Wildman–Crippen MR) is 92.0 cm³/mol. The molecule has 0 bridgehead atoms. The van der Waals surface area contributed by atoms with Crippen LogP contribution < -0.4 is 16.4 Å². The predicted octanol–water partition coefficient (Wildman–Crippen LogP) is 2.21. The average molecular weight is 317 g/mol. The highest BCUT2D eigenvalue weighted by molar-refractivity contribution is 5.96. The zero-order valence-electron chi connectivity index (χ0n) is 13.8. The van der Waals surface area contributed by atoms with Gasteiger partial charge in [-0.15, -0.1) is 0 Å². The molecule has 1 aliphatic heterocycles. The van der Waals surface area contributed by atoms with Crippen LogP contribution in [0.5, 0.6) is 0 Å². The van der Waals surface area contributed by atoms with Gasteiger partial charge in [-0.2, -0.15) is 0 Å². The maximum atomic E-state index is 12.1. The topological polar surface area (TPSA) is 84.2 Å². The molecule has 0 spiro atoms. The second kappa shape index (κ2) is 8.67. The fraction of sp³-hybridized carbons (Fsp3) is 0.556. The van der Waals surface area contributed by atoms with Crippen LogP contribution in [0.2, 0.25) is 0 Å². The molecule has 0 radical (unpaired) electrons. The van der Waals surface area contributed by atoms with Crippen molar-refractivity contribution in [3.05, 3.63) is 29.8 Å². The molecule has 126 valence electrons. The number of fused-ring (bicyclic) bond motifs is 1. The van der Waals surface area contributed by atoms with Crippen molar-refractivity contribution in [1.82, 2.24) is 5.32 Å². The summed E-state index contributed by atoms with van der Waals surface area (Å²) in [7, 11) is 0. The van der Waals surface area contributed by atoms with Gasteiger partial charge in [0.1, 0.15) is 0 Å². The summed E-state index contributed by atoms with van der Waals surface area (Å²) in [5.74, 6) is -0.135. The van der Waals surface area contributed by atoms with E-state index in [2.05, 4.69) is 17.6 Å². The number of benzene rings is 1. The molecule has 1 aromatic carbocycles. The SMILES string of the molecule is CCCCC(CN)NC(=O)CCC1Cc2ccccc2NC1=O. The minimum atomic E-state index is -0.136. The highest BCUT2D eigenvalue weighted by Crippen LogP contribution is 2.27. The number of unbranched alkanes of at least 4 members (excludes halogenated alkanes) is 1. The summed E-state index contributed by atoms with van der Waals surface area (Å²) in [6.45, 7) is 2.58. The fourth-order valence-corrected chi connectivity index (χ4v) is 2.95. The van der Waals surface area contributed by atoms with E-state index in [9.17, 15) is 9.59 Å². The van der Waals surface area contributed by atoms with Gasteiger partial charge in [-0.05, 0) is 30.9 Å². The molecule has 1 aromatic rings. The van der Waals surface area contributed by atoms with Gasteiger partial charge >= 0.3 is 0 Å². The number of nitrogens with two attached hydrogens (primary N) is 1. The molecule has 0 saturated carbocycles. The summed E-state index contributed by atoms with van der Waals surface area (Å²) in [4.78, 5) is 24.2. The smallest absolute Gasteiger partial charge is 0.227 e. The first-order valence-corrected chi connectivity index (χ1v) is 8.52. The average Bonchev–Trinajstić information content (AvgIpc) is 2.56. The minimum Gasteiger partial charge on any atom is -0.352 e. The summed E-state index contributed by atoms with van der Waals surface area (Å²) in [6, 6.07) is 7.87. The van der Waals surface area contributed by atoms with Crippen molar-refractivity contribution < 1.29 is 9.59 Å². The first kappa shape index (κ1) is 17.5. The van der Waals surface area contributed by atoms with E-state index in [1.165, 1.54) is 0 Å². The Morgan fingerprint density at radius 3 is 2.96 bits per heavy atom. The van der Waals surface area contributed by atoms with E-state index in [0.29, 0.717) is 25.8 Å². The van der Waals surface area contributed by atoms with Crippen molar-refractivity contribution in [2.75, 3.05) is 11.9 Å². The molecule has 23 heavy (non-hydrogen) atoms. The zero-order chi connectivity index (χ0) is 16.7. The number of para-hydroxylation sites is 1. The Morgan fingerprint density at radius 2 is 2.22 bits per heavy atom. The number of hydrogen-bond donors (Lipinski definition) is 3. The maximum Gasteiger partial charge on any atom is 0.227 e. The van der Waals surface area contributed by atoms with E-state index in [0.717, 1.165) is 30.5 Å². The van der Waals surface area contributed by atoms with E-state index >= 15 is 0 Å². The molecule has 5 heteroatoms. The quantitative estimate of drug-likeness (QED) is 0.687. The Bertz CT molecular complexity index is 545. The molecule has 2 unspecified atom stereocenters. The largest absolute Gasteiger partial charge is 0.352 e. The molecule has 1 aliphatic rings. The summed E-state index contributed by atoms with van der Waals surface area (Å²) in [5, 5.41) is 5.90. The molecule has 0 fully saturated rings. The number of nitrogens with one attached hydrogen (secondary N) is 2. The molecule has 0 aliphatic carbocycles. The lowest BCUT2D eigenvalue weighted by atomic mass is 9.89. The Balaban J connectivity index is 1.81. The molecule has 1 heterocycles. The normalized spacial score (nSPS) is 18.0. The second-order valence-corrected chi connectivity index (χ2v) is 6.23. The van der Waals surface area contributed by atoms with E-state index in [1.54, 1.807) is 0 Å². The van der Waals surface area contributed by atoms with Gasteiger partial charge in [0.15, 0.2) is 0 Å². The van der Waals surface area contributed by atoms with Crippen LogP contribution in [0.15, 0.2) is 24.3 Å². The molecule has 4 N–H and O–H groups in total. The van der Waals surface area contributed by atoms with Crippen LogP contribution in [0.1, 0.15) is 44.6 Å². The molecule has 0 saturated heterocycles. The minimum absolute atomic E-state index is 0.0109. The number of carbonyl (C=O) groups is 2. The lowest BCUT2D eigenvalue weighted by Gasteiger charge is -2.24. The van der Waals surface area contributed by atoms with Gasteiger partial charge in [0, 0.05) is 30.6 Å². The molecule has 2 rings (SSSR count). The van der Waals surface area contributed by atoms with Crippen molar-refractivity contribution in [3.63, 3.8) is 0 Å². The van der Waals surface area contributed by atoms with E-state index in [-0.39, 0.29) is 23.8 Å². The van der Waals surface area contributed by atoms with Gasteiger partial charge in [-0.3, -0.25) is 9.59 Å². The van der Waals surface area contributed by atoms with Gasteiger partial charge < -0.3 is 16.4 Å². The summed E-state index contributed by atoms with van der Waals surface area (Å²) < 4.78 is 0. The van der Waals surface area contributed by atoms with E-state index in [4.69, 9.17) is 5.73 Å². The van der Waals surface area contributed by atoms with Gasteiger partial charge in [-0.1, -0.05) is 38.0 Å². The number of anilines is 1. The summed E-state index contributed by atoms with van der Waals surface area (Å²) in [5.41, 5.74) is 7.73. The molecular weight excluding hydrogens is 290 g/mol. The number of hydrogen-bond acceptors (Lipinski definition) is 3. The van der Waals surface area contributed by atoms with E-state index < -0.39 is 0 Å². The van der Waals surface area contributed by atoms with Crippen molar-refractivity contribution in [2.45, 2.75) is 51.5 Å². The van der Waals surface area contributed by atoms with Crippen LogP contribution in [0, 0.1) is 5.92 Å². The number of amides is 2. The monoisotopic (exact) mass is 317 g/mol. The highest BCUT2D eigenvalue weighted by atomic mass is 16.2. The van der Waals surface area contributed by atoms with Crippen molar-refractivity contribution >= 4 is 17.5 Å². The Hall–Kier alpha value is -1.88. The Kier molecular flexibility index (Phi) is 6.59. The lowest BCUT2D eigenvalue weighted by molar-refractivity contribution is -0.123. The van der Waals surface area contributed by atoms with Crippen molar-refractivity contribution in [1.29, 1.82) is 0 Å². The zero-order valence-corrected chi connectivity index (χ0v) is 13.8. The van der Waals surface area contributed by atoms with Gasteiger partial charge in [-0.25, -0.2) is 0 Å². The second-order valence-electron chi connectivity index (χ2n) is 6.23. The molecule has 5 nitrogen and oxygen atoms in total. The van der Waals surface area contributed by atoms with E-state index in [1.807, 2.05) is 24.3 Å². The Morgan fingerprint density at radius 1 is 1.43 bits per heavy atom. The fourth-order valence-electron chi connectivity index (χ4n) is 2.95. The summed E-state index contributed by atoms with van der Waals surface area (Å²) in [6.07, 6.45) is 4.69. The standard InChI is InChI=1S/C18H27N3O2/c1-2-3-7-15(12-19)20-17(22)10-9-14-11-13-6-4-5-8-16(13)21-18(14)23/h4-6,8,14-15H,2-3,7,9-12,19H2,1H3,(H,20,22)(H,21,23). The third kappa shape index (κ3) is 5.06.